The average Bonchev–Trinajstić information content (AvgIpc) is 2.97. The number of hydrogen-bond acceptors (Lipinski definition) is 5. The summed E-state index contributed by atoms with van der Waals surface area (Å²) < 4.78 is 0. The Labute approximate surface area is 121 Å². The van der Waals surface area contributed by atoms with Crippen LogP contribution in [0, 0.1) is 0 Å². The van der Waals surface area contributed by atoms with Gasteiger partial charge in [0.15, 0.2) is 0 Å². The van der Waals surface area contributed by atoms with Crippen LogP contribution in [-0.4, -0.2) is 47.1 Å². The van der Waals surface area contributed by atoms with E-state index in [9.17, 15) is 0 Å². The van der Waals surface area contributed by atoms with Gasteiger partial charge in [-0.25, -0.2) is 9.97 Å². The quantitative estimate of drug-likeness (QED) is 0.909. The maximum Gasteiger partial charge on any atom is 0.134 e. The van der Waals surface area contributed by atoms with Crippen LogP contribution in [0.4, 0.5) is 11.6 Å². The van der Waals surface area contributed by atoms with Gasteiger partial charge in [-0.15, -0.1) is 0 Å². The second kappa shape index (κ2) is 5.95. The molecule has 3 heterocycles. The molecule has 2 aliphatic rings. The molecule has 0 radical (unpaired) electrons. The second-order valence-corrected chi connectivity index (χ2v) is 5.91. The molecular formula is C15H25N5. The predicted molar refractivity (Wildman–Crippen MR) is 81.9 cm³/mol. The lowest BCUT2D eigenvalue weighted by molar-refractivity contribution is 0.175. The van der Waals surface area contributed by atoms with Gasteiger partial charge in [0.05, 0.1) is 0 Å². The molecule has 0 spiro atoms. The summed E-state index contributed by atoms with van der Waals surface area (Å²) >= 11 is 0. The van der Waals surface area contributed by atoms with E-state index in [4.69, 9.17) is 5.73 Å². The molecule has 20 heavy (non-hydrogen) atoms. The summed E-state index contributed by atoms with van der Waals surface area (Å²) in [5, 5.41) is 0. The molecule has 5 nitrogen and oxygen atoms in total. The highest BCUT2D eigenvalue weighted by atomic mass is 15.3. The second-order valence-electron chi connectivity index (χ2n) is 5.91. The van der Waals surface area contributed by atoms with E-state index in [2.05, 4.69) is 26.7 Å². The number of nitrogens with zero attached hydrogens (tertiary/aromatic N) is 4. The SMILES string of the molecule is CCc1nc(N)cc(N2CCC(N3CCCCC3)C2)n1. The van der Waals surface area contributed by atoms with E-state index in [1.807, 2.05) is 6.07 Å². The zero-order valence-corrected chi connectivity index (χ0v) is 12.4. The van der Waals surface area contributed by atoms with Crippen LogP contribution in [0.25, 0.3) is 0 Å². The third kappa shape index (κ3) is 2.87. The molecule has 1 aromatic rings. The molecule has 110 valence electrons. The first kappa shape index (κ1) is 13.6. The number of rotatable bonds is 3. The van der Waals surface area contributed by atoms with Gasteiger partial charge in [0.1, 0.15) is 17.5 Å². The van der Waals surface area contributed by atoms with Crippen molar-refractivity contribution in [3.05, 3.63) is 11.9 Å². The molecule has 0 aromatic carbocycles. The van der Waals surface area contributed by atoms with Crippen molar-refractivity contribution in [1.29, 1.82) is 0 Å². The standard InChI is InChI=1S/C15H25N5/c1-2-14-17-13(16)10-15(18-14)20-9-6-12(11-20)19-7-4-3-5-8-19/h10,12H,2-9,11H2,1H3,(H2,16,17,18). The Balaban J connectivity index is 1.68. The summed E-state index contributed by atoms with van der Waals surface area (Å²) in [7, 11) is 0. The van der Waals surface area contributed by atoms with Crippen molar-refractivity contribution < 1.29 is 0 Å². The number of nitrogen functional groups attached to an aromatic ring is 1. The monoisotopic (exact) mass is 275 g/mol. The van der Waals surface area contributed by atoms with Crippen LogP contribution in [0.2, 0.25) is 0 Å². The van der Waals surface area contributed by atoms with E-state index < -0.39 is 0 Å². The van der Waals surface area contributed by atoms with Crippen LogP contribution in [0.15, 0.2) is 6.07 Å². The van der Waals surface area contributed by atoms with Crippen molar-refractivity contribution in [1.82, 2.24) is 14.9 Å². The average molecular weight is 275 g/mol. The van der Waals surface area contributed by atoms with E-state index in [1.54, 1.807) is 0 Å². The first-order chi connectivity index (χ1) is 9.76. The highest BCUT2D eigenvalue weighted by Gasteiger charge is 2.29. The minimum Gasteiger partial charge on any atom is -0.384 e. The van der Waals surface area contributed by atoms with Gasteiger partial charge in [0.25, 0.3) is 0 Å². The highest BCUT2D eigenvalue weighted by Crippen LogP contribution is 2.24. The number of nitrogens with two attached hydrogens (primary N) is 1. The van der Waals surface area contributed by atoms with Crippen LogP contribution in [0.3, 0.4) is 0 Å². The van der Waals surface area contributed by atoms with E-state index >= 15 is 0 Å². The largest absolute Gasteiger partial charge is 0.384 e. The lowest BCUT2D eigenvalue weighted by Crippen LogP contribution is -2.41. The molecule has 3 rings (SSSR count). The molecule has 2 saturated heterocycles. The van der Waals surface area contributed by atoms with Crippen LogP contribution < -0.4 is 10.6 Å². The molecule has 2 aliphatic heterocycles. The fourth-order valence-electron chi connectivity index (χ4n) is 3.35. The smallest absolute Gasteiger partial charge is 0.134 e. The Kier molecular flexibility index (Phi) is 4.05. The van der Waals surface area contributed by atoms with Gasteiger partial charge >= 0.3 is 0 Å². The number of likely N-dealkylation sites (tertiary alicyclic amines) is 1. The van der Waals surface area contributed by atoms with Gasteiger partial charge in [-0.3, -0.25) is 4.90 Å². The number of aromatic nitrogens is 2. The molecule has 0 saturated carbocycles. The van der Waals surface area contributed by atoms with Crippen molar-refractivity contribution in [2.24, 2.45) is 0 Å². The minimum absolute atomic E-state index is 0.591. The number of hydrogen-bond donors (Lipinski definition) is 1. The van der Waals surface area contributed by atoms with Crippen molar-refractivity contribution in [3.8, 4) is 0 Å². The van der Waals surface area contributed by atoms with Crippen molar-refractivity contribution in [2.75, 3.05) is 36.8 Å². The van der Waals surface area contributed by atoms with Crippen LogP contribution in [0.5, 0.6) is 0 Å². The van der Waals surface area contributed by atoms with Crippen molar-refractivity contribution in [3.63, 3.8) is 0 Å². The molecule has 2 N–H and O–H groups in total. The van der Waals surface area contributed by atoms with Gasteiger partial charge in [-0.1, -0.05) is 13.3 Å². The third-order valence-electron chi connectivity index (χ3n) is 4.49. The molecule has 5 heteroatoms. The minimum atomic E-state index is 0.591. The molecule has 1 aromatic heterocycles. The summed E-state index contributed by atoms with van der Waals surface area (Å²) in [6, 6.07) is 2.61. The Morgan fingerprint density at radius 2 is 2.00 bits per heavy atom. The number of aryl methyl sites for hydroxylation is 1. The van der Waals surface area contributed by atoms with Crippen LogP contribution >= 0.6 is 0 Å². The highest BCUT2D eigenvalue weighted by molar-refractivity contribution is 5.48. The Morgan fingerprint density at radius 1 is 1.20 bits per heavy atom. The van der Waals surface area contributed by atoms with Gasteiger partial charge in [0.2, 0.25) is 0 Å². The molecule has 0 aliphatic carbocycles. The maximum absolute atomic E-state index is 5.89. The normalized spacial score (nSPS) is 24.2. The molecule has 2 fully saturated rings. The Bertz CT molecular complexity index is 456. The fourth-order valence-corrected chi connectivity index (χ4v) is 3.35. The molecule has 1 unspecified atom stereocenters. The molecular weight excluding hydrogens is 250 g/mol. The lowest BCUT2D eigenvalue weighted by atomic mass is 10.1. The first-order valence-electron chi connectivity index (χ1n) is 7.88. The zero-order valence-electron chi connectivity index (χ0n) is 12.4. The van der Waals surface area contributed by atoms with Gasteiger partial charge in [-0.2, -0.15) is 0 Å². The van der Waals surface area contributed by atoms with Crippen molar-refractivity contribution in [2.45, 2.75) is 45.1 Å². The van der Waals surface area contributed by atoms with Crippen LogP contribution in [0.1, 0.15) is 38.4 Å². The van der Waals surface area contributed by atoms with Gasteiger partial charge in [-0.05, 0) is 32.4 Å². The fraction of sp³-hybridized carbons (Fsp3) is 0.733. The van der Waals surface area contributed by atoms with E-state index in [0.717, 1.165) is 31.2 Å². The molecule has 0 bridgehead atoms. The maximum atomic E-state index is 5.89. The van der Waals surface area contributed by atoms with E-state index in [-0.39, 0.29) is 0 Å². The zero-order chi connectivity index (χ0) is 13.9. The third-order valence-corrected chi connectivity index (χ3v) is 4.49. The van der Waals surface area contributed by atoms with E-state index in [1.165, 1.54) is 38.8 Å². The lowest BCUT2D eigenvalue weighted by Gasteiger charge is -2.32. The first-order valence-corrected chi connectivity index (χ1v) is 7.88. The summed E-state index contributed by atoms with van der Waals surface area (Å²) in [4.78, 5) is 13.9. The summed E-state index contributed by atoms with van der Waals surface area (Å²) in [5.74, 6) is 2.45. The van der Waals surface area contributed by atoms with Crippen molar-refractivity contribution >= 4 is 11.6 Å². The predicted octanol–water partition coefficient (Wildman–Crippen LogP) is 1.69. The molecule has 1 atom stereocenters. The topological polar surface area (TPSA) is 58.3 Å². The Hall–Kier alpha value is -1.36. The summed E-state index contributed by atoms with van der Waals surface area (Å²) in [5.41, 5.74) is 5.89. The van der Waals surface area contributed by atoms with Crippen LogP contribution in [-0.2, 0) is 6.42 Å². The summed E-state index contributed by atoms with van der Waals surface area (Å²) in [6.45, 7) is 6.77. The van der Waals surface area contributed by atoms with E-state index in [0.29, 0.717) is 11.9 Å². The Morgan fingerprint density at radius 3 is 2.75 bits per heavy atom. The summed E-state index contributed by atoms with van der Waals surface area (Å²) in [6.07, 6.45) is 6.19. The van der Waals surface area contributed by atoms with Gasteiger partial charge < -0.3 is 10.6 Å². The van der Waals surface area contributed by atoms with Gasteiger partial charge in [0, 0.05) is 31.6 Å². The number of piperidine rings is 1. The molecule has 0 amide bonds. The number of anilines is 2.